The number of hydrogen-bond acceptors (Lipinski definition) is 4. The SMILES string of the molecule is CS(=O)(=O)Nc1cccc([N+](=O)[O-])c1C1CCCCC1. The number of nitro groups is 1. The summed E-state index contributed by atoms with van der Waals surface area (Å²) in [6, 6.07) is 4.55. The summed E-state index contributed by atoms with van der Waals surface area (Å²) in [5, 5.41) is 11.2. The number of benzene rings is 1. The molecule has 0 amide bonds. The summed E-state index contributed by atoms with van der Waals surface area (Å²) in [6.07, 6.45) is 5.96. The molecule has 20 heavy (non-hydrogen) atoms. The summed E-state index contributed by atoms with van der Waals surface area (Å²) < 4.78 is 25.3. The highest BCUT2D eigenvalue weighted by molar-refractivity contribution is 7.92. The minimum atomic E-state index is -3.45. The average Bonchev–Trinajstić information content (AvgIpc) is 2.37. The molecule has 0 heterocycles. The van der Waals surface area contributed by atoms with Crippen LogP contribution in [-0.4, -0.2) is 19.6 Å². The van der Waals surface area contributed by atoms with Crippen molar-refractivity contribution in [3.8, 4) is 0 Å². The minimum absolute atomic E-state index is 0.00514. The molecule has 0 aliphatic heterocycles. The van der Waals surface area contributed by atoms with Gasteiger partial charge in [0.2, 0.25) is 10.0 Å². The summed E-state index contributed by atoms with van der Waals surface area (Å²) in [6.45, 7) is 0. The van der Waals surface area contributed by atoms with Crippen molar-refractivity contribution in [1.82, 2.24) is 0 Å². The van der Waals surface area contributed by atoms with E-state index in [9.17, 15) is 18.5 Å². The van der Waals surface area contributed by atoms with Gasteiger partial charge in [-0.25, -0.2) is 8.42 Å². The molecule has 0 bridgehead atoms. The Morgan fingerprint density at radius 1 is 1.25 bits per heavy atom. The van der Waals surface area contributed by atoms with Crippen molar-refractivity contribution in [2.75, 3.05) is 11.0 Å². The molecule has 1 aliphatic carbocycles. The molecule has 1 saturated carbocycles. The molecule has 1 N–H and O–H groups in total. The lowest BCUT2D eigenvalue weighted by atomic mass is 9.82. The minimum Gasteiger partial charge on any atom is -0.283 e. The van der Waals surface area contributed by atoms with E-state index in [2.05, 4.69) is 4.72 Å². The Balaban J connectivity index is 2.50. The quantitative estimate of drug-likeness (QED) is 0.683. The van der Waals surface area contributed by atoms with E-state index in [1.807, 2.05) is 0 Å². The van der Waals surface area contributed by atoms with Gasteiger partial charge in [-0.15, -0.1) is 0 Å². The van der Waals surface area contributed by atoms with E-state index < -0.39 is 14.9 Å². The van der Waals surface area contributed by atoms with Gasteiger partial charge in [0.25, 0.3) is 5.69 Å². The van der Waals surface area contributed by atoms with Crippen LogP contribution in [0.1, 0.15) is 43.6 Å². The van der Waals surface area contributed by atoms with Crippen LogP contribution in [0.5, 0.6) is 0 Å². The van der Waals surface area contributed by atoms with Gasteiger partial charge in [-0.2, -0.15) is 0 Å². The number of sulfonamides is 1. The van der Waals surface area contributed by atoms with E-state index in [0.29, 0.717) is 11.3 Å². The van der Waals surface area contributed by atoms with Crippen molar-refractivity contribution in [3.63, 3.8) is 0 Å². The van der Waals surface area contributed by atoms with Crippen LogP contribution in [0.4, 0.5) is 11.4 Å². The topological polar surface area (TPSA) is 89.3 Å². The maximum Gasteiger partial charge on any atom is 0.274 e. The summed E-state index contributed by atoms with van der Waals surface area (Å²) in [4.78, 5) is 10.8. The predicted octanol–water partition coefficient (Wildman–Crippen LogP) is 3.01. The van der Waals surface area contributed by atoms with Crippen molar-refractivity contribution < 1.29 is 13.3 Å². The van der Waals surface area contributed by atoms with Crippen LogP contribution >= 0.6 is 0 Å². The second kappa shape index (κ2) is 5.78. The van der Waals surface area contributed by atoms with Gasteiger partial charge < -0.3 is 0 Å². The van der Waals surface area contributed by atoms with Crippen molar-refractivity contribution >= 4 is 21.4 Å². The number of nitrogens with zero attached hydrogens (tertiary/aromatic N) is 1. The Kier molecular flexibility index (Phi) is 4.27. The first-order valence-corrected chi connectivity index (χ1v) is 8.53. The van der Waals surface area contributed by atoms with Crippen LogP contribution < -0.4 is 4.72 Å². The Morgan fingerprint density at radius 2 is 1.90 bits per heavy atom. The first kappa shape index (κ1) is 14.8. The molecule has 0 aromatic heterocycles. The van der Waals surface area contributed by atoms with E-state index in [0.717, 1.165) is 38.4 Å². The van der Waals surface area contributed by atoms with Crippen LogP contribution in [0.2, 0.25) is 0 Å². The first-order valence-electron chi connectivity index (χ1n) is 6.63. The highest BCUT2D eigenvalue weighted by Gasteiger charge is 2.27. The highest BCUT2D eigenvalue weighted by atomic mass is 32.2. The lowest BCUT2D eigenvalue weighted by molar-refractivity contribution is -0.385. The normalized spacial score (nSPS) is 16.9. The Bertz CT molecular complexity index is 607. The zero-order chi connectivity index (χ0) is 14.8. The third kappa shape index (κ3) is 3.47. The van der Waals surface area contributed by atoms with Crippen LogP contribution in [0.3, 0.4) is 0 Å². The van der Waals surface area contributed by atoms with Gasteiger partial charge in [-0.1, -0.05) is 25.3 Å². The van der Waals surface area contributed by atoms with Gasteiger partial charge in [0, 0.05) is 6.07 Å². The second-order valence-corrected chi connectivity index (χ2v) is 6.95. The molecular weight excluding hydrogens is 280 g/mol. The second-order valence-electron chi connectivity index (χ2n) is 5.20. The van der Waals surface area contributed by atoms with E-state index in [-0.39, 0.29) is 11.6 Å². The lowest BCUT2D eigenvalue weighted by Crippen LogP contribution is -2.15. The fraction of sp³-hybridized carbons (Fsp3) is 0.538. The van der Waals surface area contributed by atoms with Gasteiger partial charge >= 0.3 is 0 Å². The van der Waals surface area contributed by atoms with Gasteiger partial charge in [0.15, 0.2) is 0 Å². The molecule has 110 valence electrons. The van der Waals surface area contributed by atoms with E-state index in [1.54, 1.807) is 6.07 Å². The third-order valence-electron chi connectivity index (χ3n) is 3.59. The largest absolute Gasteiger partial charge is 0.283 e. The Labute approximate surface area is 118 Å². The summed E-state index contributed by atoms with van der Waals surface area (Å²) in [5.41, 5.74) is 0.877. The van der Waals surface area contributed by atoms with Crippen LogP contribution in [-0.2, 0) is 10.0 Å². The molecule has 0 atom stereocenters. The fourth-order valence-electron chi connectivity index (χ4n) is 2.82. The molecule has 0 saturated heterocycles. The molecule has 1 fully saturated rings. The highest BCUT2D eigenvalue weighted by Crippen LogP contribution is 2.41. The van der Waals surface area contributed by atoms with E-state index in [4.69, 9.17) is 0 Å². The maximum absolute atomic E-state index is 11.4. The summed E-state index contributed by atoms with van der Waals surface area (Å²) in [5.74, 6) is 0.0506. The van der Waals surface area contributed by atoms with Crippen molar-refractivity contribution in [1.29, 1.82) is 0 Å². The van der Waals surface area contributed by atoms with Crippen molar-refractivity contribution in [2.24, 2.45) is 0 Å². The third-order valence-corrected chi connectivity index (χ3v) is 4.18. The molecule has 7 heteroatoms. The molecule has 2 rings (SSSR count). The van der Waals surface area contributed by atoms with Gasteiger partial charge in [0.05, 0.1) is 22.4 Å². The lowest BCUT2D eigenvalue weighted by Gasteiger charge is -2.24. The molecule has 1 aliphatic rings. The van der Waals surface area contributed by atoms with Crippen molar-refractivity contribution in [3.05, 3.63) is 33.9 Å². The number of nitro benzene ring substituents is 1. The van der Waals surface area contributed by atoms with Gasteiger partial charge in [0.1, 0.15) is 0 Å². The number of rotatable bonds is 4. The van der Waals surface area contributed by atoms with Crippen LogP contribution in [0.15, 0.2) is 18.2 Å². The number of hydrogen-bond donors (Lipinski definition) is 1. The average molecular weight is 298 g/mol. The molecule has 0 spiro atoms. The molecule has 0 radical (unpaired) electrons. The zero-order valence-electron chi connectivity index (χ0n) is 11.3. The molecule has 1 aromatic rings. The monoisotopic (exact) mass is 298 g/mol. The number of anilines is 1. The van der Waals surface area contributed by atoms with E-state index in [1.165, 1.54) is 12.1 Å². The maximum atomic E-state index is 11.4. The standard InChI is InChI=1S/C13H18N2O4S/c1-20(18,19)14-11-8-5-9-12(15(16)17)13(11)10-6-3-2-4-7-10/h5,8-10,14H,2-4,6-7H2,1H3. The van der Waals surface area contributed by atoms with Gasteiger partial charge in [-0.05, 0) is 24.8 Å². The Morgan fingerprint density at radius 3 is 2.45 bits per heavy atom. The smallest absolute Gasteiger partial charge is 0.274 e. The van der Waals surface area contributed by atoms with Crippen LogP contribution in [0, 0.1) is 10.1 Å². The van der Waals surface area contributed by atoms with E-state index >= 15 is 0 Å². The molecular formula is C13H18N2O4S. The summed E-state index contributed by atoms with van der Waals surface area (Å²) >= 11 is 0. The van der Waals surface area contributed by atoms with Crippen molar-refractivity contribution in [2.45, 2.75) is 38.0 Å². The fourth-order valence-corrected chi connectivity index (χ4v) is 3.40. The predicted molar refractivity (Wildman–Crippen MR) is 77.4 cm³/mol. The summed E-state index contributed by atoms with van der Waals surface area (Å²) in [7, 11) is -3.45. The molecule has 0 unspecified atom stereocenters. The van der Waals surface area contributed by atoms with Crippen LogP contribution in [0.25, 0.3) is 0 Å². The molecule has 6 nitrogen and oxygen atoms in total. The number of nitrogens with one attached hydrogen (secondary N) is 1. The Hall–Kier alpha value is -1.63. The first-order chi connectivity index (χ1) is 9.38. The van der Waals surface area contributed by atoms with Gasteiger partial charge in [-0.3, -0.25) is 14.8 Å². The molecule has 1 aromatic carbocycles. The zero-order valence-corrected chi connectivity index (χ0v) is 12.1.